The first kappa shape index (κ1) is 12.3. The van der Waals surface area contributed by atoms with E-state index in [9.17, 15) is 13.6 Å². The lowest BCUT2D eigenvalue weighted by Crippen LogP contribution is -1.92. The number of nitrogens with zero attached hydrogens (tertiary/aromatic N) is 2. The normalized spacial score (nSPS) is 10.7. The number of hydrogen-bond acceptors (Lipinski definition) is 2. The molecular weight excluding hydrogens is 264 g/mol. The number of hydrogen-bond donors (Lipinski definition) is 1. The number of carbonyl (C=O) groups is 1. The van der Waals surface area contributed by atoms with E-state index in [2.05, 4.69) is 10.3 Å². The Bertz CT molecular complexity index is 798. The number of nitrogens with one attached hydrogen (secondary N) is 1. The van der Waals surface area contributed by atoms with Crippen LogP contribution in [0.15, 0.2) is 42.7 Å². The number of imidazole rings is 1. The van der Waals surface area contributed by atoms with E-state index in [1.54, 1.807) is 28.9 Å². The van der Waals surface area contributed by atoms with Crippen molar-refractivity contribution in [3.8, 4) is 11.1 Å². The van der Waals surface area contributed by atoms with Crippen LogP contribution in [-0.2, 0) is 4.79 Å². The maximum Gasteiger partial charge on any atom is 0.212 e. The van der Waals surface area contributed by atoms with Crippen LogP contribution in [0.1, 0.15) is 0 Å². The maximum absolute atomic E-state index is 13.8. The maximum atomic E-state index is 13.8. The van der Waals surface area contributed by atoms with Crippen molar-refractivity contribution < 1.29 is 13.6 Å². The fourth-order valence-electron chi connectivity index (χ4n) is 2.01. The van der Waals surface area contributed by atoms with Crippen molar-refractivity contribution in [1.82, 2.24) is 9.38 Å². The molecular formula is C14H9F2N3O. The second kappa shape index (κ2) is 4.73. The van der Waals surface area contributed by atoms with Crippen molar-refractivity contribution in [2.45, 2.75) is 0 Å². The van der Waals surface area contributed by atoms with Gasteiger partial charge in [-0.2, -0.15) is 0 Å². The first-order valence-corrected chi connectivity index (χ1v) is 5.82. The molecule has 2 aromatic heterocycles. The largest absolute Gasteiger partial charge is 0.312 e. The van der Waals surface area contributed by atoms with Crippen molar-refractivity contribution in [3.63, 3.8) is 0 Å². The smallest absolute Gasteiger partial charge is 0.212 e. The van der Waals surface area contributed by atoms with Gasteiger partial charge in [-0.3, -0.25) is 4.79 Å². The van der Waals surface area contributed by atoms with Gasteiger partial charge in [-0.15, -0.1) is 0 Å². The lowest BCUT2D eigenvalue weighted by Gasteiger charge is -2.04. The molecule has 0 aliphatic rings. The summed E-state index contributed by atoms with van der Waals surface area (Å²) in [6, 6.07) is 7.33. The van der Waals surface area contributed by atoms with E-state index in [4.69, 9.17) is 0 Å². The Kier molecular flexibility index (Phi) is 2.90. The van der Waals surface area contributed by atoms with Crippen LogP contribution in [0.4, 0.5) is 14.6 Å². The third-order valence-corrected chi connectivity index (χ3v) is 2.92. The average Bonchev–Trinajstić information content (AvgIpc) is 2.83. The fraction of sp³-hybridized carbons (Fsp3) is 0. The number of halogens is 2. The number of fused-ring (bicyclic) bond motifs is 1. The second-order valence-corrected chi connectivity index (χ2v) is 4.17. The van der Waals surface area contributed by atoms with Gasteiger partial charge in [0.15, 0.2) is 17.5 Å². The molecule has 0 atom stereocenters. The highest BCUT2D eigenvalue weighted by Crippen LogP contribution is 2.25. The molecule has 4 nitrogen and oxygen atoms in total. The minimum absolute atomic E-state index is 0.172. The van der Waals surface area contributed by atoms with Gasteiger partial charge in [0.2, 0.25) is 6.41 Å². The number of aromatic nitrogens is 2. The molecule has 3 aromatic rings. The van der Waals surface area contributed by atoms with Crippen LogP contribution in [0, 0.1) is 11.6 Å². The Labute approximate surface area is 112 Å². The highest BCUT2D eigenvalue weighted by molar-refractivity contribution is 5.71. The van der Waals surface area contributed by atoms with Crippen molar-refractivity contribution in [3.05, 3.63) is 54.4 Å². The minimum atomic E-state index is -0.892. The molecule has 3 rings (SSSR count). The number of amides is 1. The monoisotopic (exact) mass is 273 g/mol. The minimum Gasteiger partial charge on any atom is -0.312 e. The van der Waals surface area contributed by atoms with Crippen LogP contribution in [0.2, 0.25) is 0 Å². The van der Waals surface area contributed by atoms with Gasteiger partial charge in [-0.05, 0) is 18.2 Å². The summed E-state index contributed by atoms with van der Waals surface area (Å²) in [5.41, 5.74) is 1.28. The van der Waals surface area contributed by atoms with E-state index < -0.39 is 11.6 Å². The fourth-order valence-corrected chi connectivity index (χ4v) is 2.01. The molecule has 100 valence electrons. The van der Waals surface area contributed by atoms with Gasteiger partial charge < -0.3 is 9.72 Å². The third kappa shape index (κ3) is 2.01. The Morgan fingerprint density at radius 2 is 2.00 bits per heavy atom. The van der Waals surface area contributed by atoms with Gasteiger partial charge in [0.05, 0.1) is 6.20 Å². The Morgan fingerprint density at radius 1 is 1.15 bits per heavy atom. The topological polar surface area (TPSA) is 46.4 Å². The Balaban J connectivity index is 2.12. The van der Waals surface area contributed by atoms with Gasteiger partial charge >= 0.3 is 0 Å². The molecule has 1 amide bonds. The third-order valence-electron chi connectivity index (χ3n) is 2.92. The molecule has 2 heterocycles. The van der Waals surface area contributed by atoms with E-state index in [1.165, 1.54) is 12.1 Å². The average molecular weight is 273 g/mol. The van der Waals surface area contributed by atoms with Gasteiger partial charge in [-0.1, -0.05) is 12.1 Å². The zero-order valence-electron chi connectivity index (χ0n) is 10.2. The van der Waals surface area contributed by atoms with Crippen molar-refractivity contribution in [1.29, 1.82) is 0 Å². The van der Waals surface area contributed by atoms with Crippen molar-refractivity contribution >= 4 is 17.9 Å². The van der Waals surface area contributed by atoms with Crippen LogP contribution >= 0.6 is 0 Å². The molecule has 0 aliphatic heterocycles. The molecule has 20 heavy (non-hydrogen) atoms. The summed E-state index contributed by atoms with van der Waals surface area (Å²) < 4.78 is 28.6. The van der Waals surface area contributed by atoms with Gasteiger partial charge in [0, 0.05) is 17.3 Å². The molecule has 0 saturated carbocycles. The highest BCUT2D eigenvalue weighted by atomic mass is 19.2. The number of anilines is 1. The molecule has 0 fully saturated rings. The molecule has 6 heteroatoms. The first-order valence-electron chi connectivity index (χ1n) is 5.82. The zero-order chi connectivity index (χ0) is 14.1. The molecule has 0 aliphatic carbocycles. The van der Waals surface area contributed by atoms with Gasteiger partial charge in [0.25, 0.3) is 0 Å². The van der Waals surface area contributed by atoms with E-state index in [0.29, 0.717) is 23.4 Å². The number of carbonyl (C=O) groups excluding carboxylic acids is 1. The van der Waals surface area contributed by atoms with E-state index in [1.807, 2.05) is 0 Å². The van der Waals surface area contributed by atoms with Gasteiger partial charge in [0.1, 0.15) is 5.65 Å². The summed E-state index contributed by atoms with van der Waals surface area (Å²) in [6.07, 6.45) is 3.73. The predicted octanol–water partition coefficient (Wildman–Crippen LogP) is 2.85. The number of pyridine rings is 1. The zero-order valence-corrected chi connectivity index (χ0v) is 10.2. The molecule has 1 N–H and O–H groups in total. The van der Waals surface area contributed by atoms with Crippen LogP contribution < -0.4 is 5.32 Å². The molecule has 0 bridgehead atoms. The Morgan fingerprint density at radius 3 is 2.80 bits per heavy atom. The van der Waals surface area contributed by atoms with Crippen LogP contribution in [0.3, 0.4) is 0 Å². The van der Waals surface area contributed by atoms with E-state index in [0.717, 1.165) is 6.07 Å². The lowest BCUT2D eigenvalue weighted by atomic mass is 10.1. The molecule has 0 radical (unpaired) electrons. The second-order valence-electron chi connectivity index (χ2n) is 4.17. The van der Waals surface area contributed by atoms with Crippen molar-refractivity contribution in [2.75, 3.05) is 5.32 Å². The van der Waals surface area contributed by atoms with E-state index >= 15 is 0 Å². The van der Waals surface area contributed by atoms with Crippen LogP contribution in [0.25, 0.3) is 16.8 Å². The highest BCUT2D eigenvalue weighted by Gasteiger charge is 2.10. The summed E-state index contributed by atoms with van der Waals surface area (Å²) in [4.78, 5) is 14.5. The van der Waals surface area contributed by atoms with Gasteiger partial charge in [-0.25, -0.2) is 13.8 Å². The summed E-state index contributed by atoms with van der Waals surface area (Å²) in [5.74, 6) is -1.40. The number of rotatable bonds is 3. The lowest BCUT2D eigenvalue weighted by molar-refractivity contribution is -0.105. The standard InChI is InChI=1S/C14H9F2N3O/c15-11-3-1-2-10(14(11)16)9-4-5-13-18-12(17-8-20)7-19(13)6-9/h1-8H,(H,17,20). The van der Waals surface area contributed by atoms with Crippen LogP contribution in [-0.4, -0.2) is 15.8 Å². The molecule has 0 saturated heterocycles. The summed E-state index contributed by atoms with van der Waals surface area (Å²) in [5, 5.41) is 2.43. The number of benzene rings is 1. The predicted molar refractivity (Wildman–Crippen MR) is 70.2 cm³/mol. The molecule has 1 aromatic carbocycles. The van der Waals surface area contributed by atoms with E-state index in [-0.39, 0.29) is 5.56 Å². The quantitative estimate of drug-likeness (QED) is 0.746. The SMILES string of the molecule is O=CNc1cn2cc(-c3cccc(F)c3F)ccc2n1. The molecule has 0 unspecified atom stereocenters. The summed E-state index contributed by atoms with van der Waals surface area (Å²) in [7, 11) is 0. The molecule has 0 spiro atoms. The first-order chi connectivity index (χ1) is 9.69. The Hall–Kier alpha value is -2.76. The van der Waals surface area contributed by atoms with Crippen molar-refractivity contribution in [2.24, 2.45) is 0 Å². The summed E-state index contributed by atoms with van der Waals surface area (Å²) in [6.45, 7) is 0. The summed E-state index contributed by atoms with van der Waals surface area (Å²) >= 11 is 0. The van der Waals surface area contributed by atoms with Crippen LogP contribution in [0.5, 0.6) is 0 Å².